The van der Waals surface area contributed by atoms with Crippen molar-refractivity contribution in [2.75, 3.05) is 13.2 Å². The average molecular weight is 478 g/mol. The molecule has 2 aromatic carbocycles. The Balaban J connectivity index is 1.23. The summed E-state index contributed by atoms with van der Waals surface area (Å²) in [5, 5.41) is 0. The Bertz CT molecular complexity index is 1100. The summed E-state index contributed by atoms with van der Waals surface area (Å²) in [6.45, 7) is 2.42. The van der Waals surface area contributed by atoms with Gasteiger partial charge >= 0.3 is 0 Å². The van der Waals surface area contributed by atoms with Gasteiger partial charge in [0, 0.05) is 5.56 Å². The number of carbonyl (C=O) groups is 4. The van der Waals surface area contributed by atoms with Gasteiger partial charge in [0.05, 0.1) is 18.4 Å². The summed E-state index contributed by atoms with van der Waals surface area (Å²) in [7, 11) is 0. The number of hydrazine groups is 1. The molecule has 0 bridgehead atoms. The highest BCUT2D eigenvalue weighted by atomic mass is 16.5. The van der Waals surface area contributed by atoms with Gasteiger partial charge in [0.25, 0.3) is 11.8 Å². The van der Waals surface area contributed by atoms with Crippen molar-refractivity contribution in [2.45, 2.75) is 26.4 Å². The number of imide groups is 1. The van der Waals surface area contributed by atoms with Crippen LogP contribution in [0.2, 0.25) is 0 Å². The van der Waals surface area contributed by atoms with Crippen molar-refractivity contribution in [2.24, 2.45) is 11.8 Å². The SMILES string of the molecule is CCOc1ccc(OCc2ccc(C(=O)NNC(=O)CN3C(=O)[C@H]4CC=CC[C@@H]4C3=O)cc2)cc1. The van der Waals surface area contributed by atoms with Crippen molar-refractivity contribution in [3.05, 3.63) is 71.8 Å². The maximum absolute atomic E-state index is 12.5. The fourth-order valence-electron chi connectivity index (χ4n) is 4.12. The Kier molecular flexibility index (Phi) is 7.45. The summed E-state index contributed by atoms with van der Waals surface area (Å²) < 4.78 is 11.1. The van der Waals surface area contributed by atoms with Gasteiger partial charge in [-0.3, -0.25) is 34.9 Å². The van der Waals surface area contributed by atoms with Crippen molar-refractivity contribution < 1.29 is 28.7 Å². The Morgan fingerprint density at radius 1 is 0.857 bits per heavy atom. The molecule has 2 aliphatic rings. The van der Waals surface area contributed by atoms with Gasteiger partial charge in [0.2, 0.25) is 11.8 Å². The van der Waals surface area contributed by atoms with Gasteiger partial charge in [-0.25, -0.2) is 0 Å². The van der Waals surface area contributed by atoms with Crippen molar-refractivity contribution in [3.63, 3.8) is 0 Å². The lowest BCUT2D eigenvalue weighted by Crippen LogP contribution is -2.47. The number of rotatable bonds is 8. The molecule has 1 fully saturated rings. The van der Waals surface area contributed by atoms with Crippen LogP contribution in [0, 0.1) is 11.8 Å². The molecule has 0 radical (unpaired) electrons. The van der Waals surface area contributed by atoms with Gasteiger partial charge in [-0.2, -0.15) is 0 Å². The first kappa shape index (κ1) is 24.0. The molecule has 1 saturated heterocycles. The number of ether oxygens (including phenoxy) is 2. The fourth-order valence-corrected chi connectivity index (χ4v) is 4.12. The van der Waals surface area contributed by atoms with Crippen LogP contribution in [0.4, 0.5) is 0 Å². The van der Waals surface area contributed by atoms with E-state index in [9.17, 15) is 19.2 Å². The van der Waals surface area contributed by atoms with E-state index in [4.69, 9.17) is 9.47 Å². The molecule has 35 heavy (non-hydrogen) atoms. The van der Waals surface area contributed by atoms with Crippen molar-refractivity contribution in [1.29, 1.82) is 0 Å². The van der Waals surface area contributed by atoms with E-state index in [1.54, 1.807) is 24.3 Å². The topological polar surface area (TPSA) is 114 Å². The molecule has 4 rings (SSSR count). The number of carbonyl (C=O) groups excluding carboxylic acids is 4. The monoisotopic (exact) mass is 477 g/mol. The smallest absolute Gasteiger partial charge is 0.269 e. The molecule has 9 heteroatoms. The maximum Gasteiger partial charge on any atom is 0.269 e. The number of nitrogens with zero attached hydrogens (tertiary/aromatic N) is 1. The van der Waals surface area contributed by atoms with Crippen molar-refractivity contribution in [1.82, 2.24) is 15.8 Å². The summed E-state index contributed by atoms with van der Waals surface area (Å²) >= 11 is 0. The number of allylic oxidation sites excluding steroid dienone is 2. The van der Waals surface area contributed by atoms with Crippen LogP contribution in [-0.2, 0) is 21.0 Å². The minimum absolute atomic E-state index is 0.321. The van der Waals surface area contributed by atoms with Crippen molar-refractivity contribution in [3.8, 4) is 11.5 Å². The first-order valence-corrected chi connectivity index (χ1v) is 11.5. The first-order valence-electron chi connectivity index (χ1n) is 11.5. The number of hydrogen-bond acceptors (Lipinski definition) is 6. The second-order valence-corrected chi connectivity index (χ2v) is 8.31. The summed E-state index contributed by atoms with van der Waals surface area (Å²) in [4.78, 5) is 50.5. The lowest BCUT2D eigenvalue weighted by Gasteiger charge is -2.15. The van der Waals surface area contributed by atoms with E-state index in [2.05, 4.69) is 10.9 Å². The molecule has 1 aliphatic carbocycles. The highest BCUT2D eigenvalue weighted by Crippen LogP contribution is 2.34. The second-order valence-electron chi connectivity index (χ2n) is 8.31. The van der Waals surface area contributed by atoms with Gasteiger partial charge in [0.15, 0.2) is 0 Å². The minimum Gasteiger partial charge on any atom is -0.494 e. The number of benzene rings is 2. The normalized spacial score (nSPS) is 18.7. The highest BCUT2D eigenvalue weighted by molar-refractivity contribution is 6.07. The number of hydrogen-bond donors (Lipinski definition) is 2. The molecule has 2 N–H and O–H groups in total. The largest absolute Gasteiger partial charge is 0.494 e. The minimum atomic E-state index is -0.646. The Morgan fingerprint density at radius 2 is 1.43 bits per heavy atom. The van der Waals surface area contributed by atoms with Crippen LogP contribution < -0.4 is 20.3 Å². The summed E-state index contributed by atoms with van der Waals surface area (Å²) in [6.07, 6.45) is 4.78. The lowest BCUT2D eigenvalue weighted by molar-refractivity contribution is -0.143. The number of likely N-dealkylation sites (tertiary alicyclic amines) is 1. The van der Waals surface area contributed by atoms with Gasteiger partial charge in [0.1, 0.15) is 24.7 Å². The molecule has 0 unspecified atom stereocenters. The maximum atomic E-state index is 12.5. The average Bonchev–Trinajstić information content (AvgIpc) is 3.12. The fraction of sp³-hybridized carbons (Fsp3) is 0.308. The first-order chi connectivity index (χ1) is 17.0. The Labute approximate surface area is 203 Å². The van der Waals surface area contributed by atoms with E-state index >= 15 is 0 Å². The predicted molar refractivity (Wildman–Crippen MR) is 126 cm³/mol. The van der Waals surface area contributed by atoms with E-state index in [1.165, 1.54) is 0 Å². The van der Waals surface area contributed by atoms with Gasteiger partial charge < -0.3 is 9.47 Å². The van der Waals surface area contributed by atoms with E-state index in [0.717, 1.165) is 16.2 Å². The van der Waals surface area contributed by atoms with E-state index < -0.39 is 30.2 Å². The van der Waals surface area contributed by atoms with Gasteiger partial charge in [-0.05, 0) is 61.7 Å². The zero-order chi connectivity index (χ0) is 24.8. The third-order valence-electron chi connectivity index (χ3n) is 5.97. The summed E-state index contributed by atoms with van der Waals surface area (Å²) in [6, 6.07) is 14.0. The molecule has 4 amide bonds. The third kappa shape index (κ3) is 5.68. The number of fused-ring (bicyclic) bond motifs is 1. The van der Waals surface area contributed by atoms with Crippen LogP contribution in [0.25, 0.3) is 0 Å². The number of amides is 4. The molecule has 0 saturated carbocycles. The second kappa shape index (κ2) is 10.9. The van der Waals surface area contributed by atoms with Gasteiger partial charge in [-0.1, -0.05) is 24.3 Å². The molecule has 9 nitrogen and oxygen atoms in total. The van der Waals surface area contributed by atoms with Crippen LogP contribution in [0.1, 0.15) is 35.7 Å². The molecule has 1 aliphatic heterocycles. The zero-order valence-electron chi connectivity index (χ0n) is 19.4. The quantitative estimate of drug-likeness (QED) is 0.343. The molecule has 0 aromatic heterocycles. The van der Waals surface area contributed by atoms with Crippen LogP contribution in [0.5, 0.6) is 11.5 Å². The molecule has 182 valence electrons. The predicted octanol–water partition coefficient (Wildman–Crippen LogP) is 2.38. The van der Waals surface area contributed by atoms with Crippen LogP contribution in [0.3, 0.4) is 0 Å². The molecular weight excluding hydrogens is 450 g/mol. The van der Waals surface area contributed by atoms with Crippen LogP contribution in [-0.4, -0.2) is 41.7 Å². The van der Waals surface area contributed by atoms with Gasteiger partial charge in [-0.15, -0.1) is 0 Å². The highest BCUT2D eigenvalue weighted by Gasteiger charge is 2.47. The lowest BCUT2D eigenvalue weighted by atomic mass is 9.85. The Hall–Kier alpha value is -4.14. The van der Waals surface area contributed by atoms with Crippen LogP contribution in [0.15, 0.2) is 60.7 Å². The summed E-state index contributed by atoms with van der Waals surface area (Å²) in [5.74, 6) is -1.16. The van der Waals surface area contributed by atoms with E-state index in [-0.39, 0.29) is 11.8 Å². The van der Waals surface area contributed by atoms with E-state index in [0.29, 0.717) is 37.4 Å². The third-order valence-corrected chi connectivity index (χ3v) is 5.97. The molecule has 2 atom stereocenters. The molecule has 1 heterocycles. The van der Waals surface area contributed by atoms with Crippen LogP contribution >= 0.6 is 0 Å². The molecular formula is C26H27N3O6. The van der Waals surface area contributed by atoms with Crippen molar-refractivity contribution >= 4 is 23.6 Å². The molecule has 2 aromatic rings. The Morgan fingerprint density at radius 3 is 2.00 bits per heavy atom. The summed E-state index contributed by atoms with van der Waals surface area (Å²) in [5.41, 5.74) is 5.78. The molecule has 0 spiro atoms. The standard InChI is InChI=1S/C26H27N3O6/c1-2-34-19-11-13-20(14-12-19)35-16-17-7-9-18(10-8-17)24(31)28-27-23(30)15-29-25(32)21-5-3-4-6-22(21)26(29)33/h3-4,7-14,21-22H,2,5-6,15-16H2,1H3,(H,27,30)(H,28,31)/t21-,22-/m0/s1. The zero-order valence-corrected chi connectivity index (χ0v) is 19.4. The number of nitrogens with one attached hydrogen (secondary N) is 2. The van der Waals surface area contributed by atoms with E-state index in [1.807, 2.05) is 43.3 Å².